The molecule has 1 aromatic heterocycles. The molecule has 0 aliphatic heterocycles. The largest absolute Gasteiger partial charge is 0.444 e. The van der Waals surface area contributed by atoms with Crippen molar-refractivity contribution >= 4 is 0 Å². The second-order valence-electron chi connectivity index (χ2n) is 2.98. The second kappa shape index (κ2) is 4.82. The third kappa shape index (κ3) is 3.03. The van der Waals surface area contributed by atoms with E-state index < -0.39 is 0 Å². The summed E-state index contributed by atoms with van der Waals surface area (Å²) in [7, 11) is 0. The van der Waals surface area contributed by atoms with Crippen molar-refractivity contribution in [3.05, 3.63) is 30.5 Å². The molecule has 0 aliphatic rings. The van der Waals surface area contributed by atoms with E-state index in [4.69, 9.17) is 4.42 Å². The van der Waals surface area contributed by atoms with Crippen LogP contribution in [0.5, 0.6) is 0 Å². The van der Waals surface area contributed by atoms with E-state index in [1.54, 1.807) is 6.20 Å². The van der Waals surface area contributed by atoms with Crippen LogP contribution in [0.4, 0.5) is 0 Å². The van der Waals surface area contributed by atoms with Crippen LogP contribution in [0.15, 0.2) is 23.3 Å². The van der Waals surface area contributed by atoms with Crippen LogP contribution in [0, 0.1) is 0 Å². The molecule has 13 heavy (non-hydrogen) atoms. The molecule has 1 heterocycles. The molecule has 1 aromatic rings. The van der Waals surface area contributed by atoms with Crippen molar-refractivity contribution in [2.75, 3.05) is 0 Å². The van der Waals surface area contributed by atoms with Crippen molar-refractivity contribution < 1.29 is 4.42 Å². The summed E-state index contributed by atoms with van der Waals surface area (Å²) in [4.78, 5) is 4.13. The zero-order chi connectivity index (χ0) is 9.68. The SMILES string of the molecule is C=CC(C)NCc1ncc(CC)o1. The lowest BCUT2D eigenvalue weighted by molar-refractivity contribution is 0.433. The van der Waals surface area contributed by atoms with Gasteiger partial charge in [-0.05, 0) is 6.92 Å². The van der Waals surface area contributed by atoms with Crippen LogP contribution in [0.3, 0.4) is 0 Å². The number of nitrogens with zero attached hydrogens (tertiary/aromatic N) is 1. The fourth-order valence-corrected chi connectivity index (χ4v) is 0.925. The first-order valence-corrected chi connectivity index (χ1v) is 4.55. The van der Waals surface area contributed by atoms with Crippen LogP contribution in [0.2, 0.25) is 0 Å². The maximum absolute atomic E-state index is 5.42. The first kappa shape index (κ1) is 9.99. The Morgan fingerprint density at radius 1 is 1.77 bits per heavy atom. The van der Waals surface area contributed by atoms with Crippen LogP contribution in [0.25, 0.3) is 0 Å². The lowest BCUT2D eigenvalue weighted by atomic mass is 10.3. The zero-order valence-electron chi connectivity index (χ0n) is 8.21. The van der Waals surface area contributed by atoms with Crippen LogP contribution in [0.1, 0.15) is 25.5 Å². The summed E-state index contributed by atoms with van der Waals surface area (Å²) in [5.74, 6) is 1.67. The smallest absolute Gasteiger partial charge is 0.208 e. The molecule has 1 unspecified atom stereocenters. The summed E-state index contributed by atoms with van der Waals surface area (Å²) >= 11 is 0. The van der Waals surface area contributed by atoms with Gasteiger partial charge in [-0.1, -0.05) is 13.0 Å². The van der Waals surface area contributed by atoms with Gasteiger partial charge in [-0.2, -0.15) is 0 Å². The fourth-order valence-electron chi connectivity index (χ4n) is 0.925. The average Bonchev–Trinajstić information content (AvgIpc) is 2.61. The van der Waals surface area contributed by atoms with Gasteiger partial charge in [-0.3, -0.25) is 0 Å². The minimum absolute atomic E-state index is 0.289. The van der Waals surface area contributed by atoms with Gasteiger partial charge in [0.15, 0.2) is 0 Å². The number of rotatable bonds is 5. The van der Waals surface area contributed by atoms with Crippen LogP contribution in [-0.2, 0) is 13.0 Å². The lowest BCUT2D eigenvalue weighted by Crippen LogP contribution is -2.22. The van der Waals surface area contributed by atoms with E-state index in [0.717, 1.165) is 18.1 Å². The average molecular weight is 180 g/mol. The highest BCUT2D eigenvalue weighted by atomic mass is 16.4. The van der Waals surface area contributed by atoms with E-state index in [1.807, 2.05) is 19.9 Å². The monoisotopic (exact) mass is 180 g/mol. The number of hydrogen-bond acceptors (Lipinski definition) is 3. The number of aromatic nitrogens is 1. The van der Waals surface area contributed by atoms with Gasteiger partial charge in [0, 0.05) is 12.5 Å². The van der Waals surface area contributed by atoms with E-state index >= 15 is 0 Å². The summed E-state index contributed by atoms with van der Waals surface area (Å²) < 4.78 is 5.42. The van der Waals surface area contributed by atoms with E-state index in [9.17, 15) is 0 Å². The Kier molecular flexibility index (Phi) is 3.71. The summed E-state index contributed by atoms with van der Waals surface area (Å²) in [5.41, 5.74) is 0. The molecule has 1 rings (SSSR count). The second-order valence-corrected chi connectivity index (χ2v) is 2.98. The zero-order valence-corrected chi connectivity index (χ0v) is 8.21. The topological polar surface area (TPSA) is 38.1 Å². The standard InChI is InChI=1S/C10H16N2O/c1-4-8(3)11-7-10-12-6-9(5-2)13-10/h4,6,8,11H,1,5,7H2,2-3H3. The molecule has 1 N–H and O–H groups in total. The van der Waals surface area contributed by atoms with E-state index in [2.05, 4.69) is 16.9 Å². The first-order chi connectivity index (χ1) is 6.26. The molecule has 0 bridgehead atoms. The highest BCUT2D eigenvalue weighted by Crippen LogP contribution is 2.03. The molecule has 0 amide bonds. The van der Waals surface area contributed by atoms with Crippen molar-refractivity contribution in [1.29, 1.82) is 0 Å². The Bertz CT molecular complexity index is 268. The molecule has 72 valence electrons. The first-order valence-electron chi connectivity index (χ1n) is 4.55. The molecule has 0 saturated heterocycles. The van der Waals surface area contributed by atoms with Crippen molar-refractivity contribution in [2.45, 2.75) is 32.9 Å². The highest BCUT2D eigenvalue weighted by Gasteiger charge is 2.02. The maximum Gasteiger partial charge on any atom is 0.208 e. The van der Waals surface area contributed by atoms with Gasteiger partial charge in [0.05, 0.1) is 12.7 Å². The highest BCUT2D eigenvalue weighted by molar-refractivity contribution is 4.94. The van der Waals surface area contributed by atoms with Gasteiger partial charge in [-0.25, -0.2) is 4.98 Å². The van der Waals surface area contributed by atoms with Crippen molar-refractivity contribution in [3.63, 3.8) is 0 Å². The molecule has 0 radical (unpaired) electrons. The Balaban J connectivity index is 2.40. The maximum atomic E-state index is 5.42. The summed E-state index contributed by atoms with van der Waals surface area (Å²) in [6, 6.07) is 0.289. The van der Waals surface area contributed by atoms with Crippen LogP contribution < -0.4 is 5.32 Å². The van der Waals surface area contributed by atoms with E-state index in [1.165, 1.54) is 0 Å². The molecule has 0 aliphatic carbocycles. The van der Waals surface area contributed by atoms with Gasteiger partial charge < -0.3 is 9.73 Å². The Morgan fingerprint density at radius 3 is 3.08 bits per heavy atom. The Hall–Kier alpha value is -1.09. The van der Waals surface area contributed by atoms with Crippen molar-refractivity contribution in [2.24, 2.45) is 0 Å². The van der Waals surface area contributed by atoms with Crippen LogP contribution >= 0.6 is 0 Å². The lowest BCUT2D eigenvalue weighted by Gasteiger charge is -2.05. The quantitative estimate of drug-likeness (QED) is 0.703. The molecular formula is C10H16N2O. The van der Waals surface area contributed by atoms with Gasteiger partial charge in [0.1, 0.15) is 5.76 Å². The number of hydrogen-bond donors (Lipinski definition) is 1. The third-order valence-electron chi connectivity index (χ3n) is 1.88. The molecule has 3 nitrogen and oxygen atoms in total. The van der Waals surface area contributed by atoms with Crippen molar-refractivity contribution in [3.8, 4) is 0 Å². The number of nitrogens with one attached hydrogen (secondary N) is 1. The van der Waals surface area contributed by atoms with Gasteiger partial charge in [0.25, 0.3) is 0 Å². The van der Waals surface area contributed by atoms with Gasteiger partial charge in [0.2, 0.25) is 5.89 Å². The van der Waals surface area contributed by atoms with E-state index in [0.29, 0.717) is 6.54 Å². The minimum Gasteiger partial charge on any atom is -0.444 e. The van der Waals surface area contributed by atoms with E-state index in [-0.39, 0.29) is 6.04 Å². The molecule has 1 atom stereocenters. The molecule has 0 spiro atoms. The summed E-state index contributed by atoms with van der Waals surface area (Å²) in [6.07, 6.45) is 4.52. The molecule has 0 saturated carbocycles. The molecule has 3 heteroatoms. The van der Waals surface area contributed by atoms with Crippen molar-refractivity contribution in [1.82, 2.24) is 10.3 Å². The summed E-state index contributed by atoms with van der Waals surface area (Å²) in [5, 5.41) is 3.21. The fraction of sp³-hybridized carbons (Fsp3) is 0.500. The van der Waals surface area contributed by atoms with Crippen LogP contribution in [-0.4, -0.2) is 11.0 Å². The minimum atomic E-state index is 0.289. The predicted molar refractivity (Wildman–Crippen MR) is 52.4 cm³/mol. The Labute approximate surface area is 78.9 Å². The normalized spacial score (nSPS) is 12.8. The summed E-state index contributed by atoms with van der Waals surface area (Å²) in [6.45, 7) is 8.42. The number of oxazole rings is 1. The Morgan fingerprint density at radius 2 is 2.54 bits per heavy atom. The van der Waals surface area contributed by atoms with Gasteiger partial charge >= 0.3 is 0 Å². The molecular weight excluding hydrogens is 164 g/mol. The molecule has 0 aromatic carbocycles. The number of aryl methyl sites for hydroxylation is 1. The molecule has 0 fully saturated rings. The van der Waals surface area contributed by atoms with Gasteiger partial charge in [-0.15, -0.1) is 6.58 Å². The predicted octanol–water partition coefficient (Wildman–Crippen LogP) is 1.90. The third-order valence-corrected chi connectivity index (χ3v) is 1.88.